The molecular formula is C46H50N12O7S2. The number of aromatic amines is 2. The Balaban J connectivity index is 0.814. The second-order valence-corrected chi connectivity index (χ2v) is 18.6. The van der Waals surface area contributed by atoms with Crippen LogP contribution in [0, 0.1) is 0 Å². The molecule has 6 heterocycles. The van der Waals surface area contributed by atoms with Crippen molar-refractivity contribution in [2.45, 2.75) is 62.0 Å². The largest absolute Gasteiger partial charge is 0.392 e. The SMILES string of the molecule is CC(C)(CCOC(C)(C)CCNC(=O)CSc1nc2c(=O)n3cc(-c4ccccc4)[nH]c3nc2n1C=CCO)NC(=O)CSc1nc2c(=O)n3cc(-c4ccccc4)[nH]c3nc2n1C=CCO. The molecule has 0 bridgehead atoms. The highest BCUT2D eigenvalue weighted by Gasteiger charge is 2.26. The van der Waals surface area contributed by atoms with Gasteiger partial charge in [0.1, 0.15) is 0 Å². The number of fused-ring (bicyclic) bond motifs is 4. The number of aliphatic hydroxyl groups is 2. The summed E-state index contributed by atoms with van der Waals surface area (Å²) in [5.41, 5.74) is 2.08. The highest BCUT2D eigenvalue weighted by Crippen LogP contribution is 2.26. The number of amides is 2. The van der Waals surface area contributed by atoms with Crippen LogP contribution in [0.4, 0.5) is 0 Å². The van der Waals surface area contributed by atoms with Gasteiger partial charge in [-0.2, -0.15) is 9.97 Å². The second kappa shape index (κ2) is 20.0. The van der Waals surface area contributed by atoms with E-state index < -0.39 is 11.1 Å². The molecule has 0 fully saturated rings. The molecule has 0 saturated carbocycles. The topological polar surface area (TPSA) is 244 Å². The Morgan fingerprint density at radius 2 is 1.18 bits per heavy atom. The molecule has 0 saturated heterocycles. The number of aliphatic hydroxyl groups excluding tert-OH is 2. The van der Waals surface area contributed by atoms with Gasteiger partial charge in [0.25, 0.3) is 11.1 Å². The number of carbonyl (C=O) groups is 2. The number of carbonyl (C=O) groups excluding carboxylic acids is 2. The average molecular weight is 947 g/mol. The predicted molar refractivity (Wildman–Crippen MR) is 260 cm³/mol. The van der Waals surface area contributed by atoms with Crippen molar-refractivity contribution in [1.29, 1.82) is 0 Å². The third-order valence-corrected chi connectivity index (χ3v) is 12.6. The summed E-state index contributed by atoms with van der Waals surface area (Å²) in [4.78, 5) is 78.3. The number of H-pyrrole nitrogens is 2. The number of aromatic nitrogens is 10. The van der Waals surface area contributed by atoms with E-state index in [1.807, 2.05) is 88.4 Å². The van der Waals surface area contributed by atoms with Crippen molar-refractivity contribution in [2.24, 2.45) is 0 Å². The molecule has 2 aromatic carbocycles. The van der Waals surface area contributed by atoms with E-state index in [9.17, 15) is 29.4 Å². The minimum atomic E-state index is -0.631. The van der Waals surface area contributed by atoms with Crippen LogP contribution in [0.15, 0.2) is 105 Å². The fourth-order valence-corrected chi connectivity index (χ4v) is 8.85. The third-order valence-electron chi connectivity index (χ3n) is 10.7. The number of hydrogen-bond acceptors (Lipinski definition) is 13. The Hall–Kier alpha value is -6.78. The van der Waals surface area contributed by atoms with E-state index in [0.717, 1.165) is 46.0 Å². The zero-order valence-electron chi connectivity index (χ0n) is 37.2. The van der Waals surface area contributed by atoms with Crippen LogP contribution in [0.1, 0.15) is 40.5 Å². The van der Waals surface area contributed by atoms with Crippen LogP contribution in [0.2, 0.25) is 0 Å². The minimum Gasteiger partial charge on any atom is -0.392 e. The molecule has 0 unspecified atom stereocenters. The first-order valence-corrected chi connectivity index (χ1v) is 23.4. The summed E-state index contributed by atoms with van der Waals surface area (Å²) in [5.74, 6) is 0.187. The van der Waals surface area contributed by atoms with Gasteiger partial charge >= 0.3 is 0 Å². The van der Waals surface area contributed by atoms with Gasteiger partial charge in [-0.05, 0) is 63.8 Å². The van der Waals surface area contributed by atoms with Crippen LogP contribution in [-0.4, -0.2) is 119 Å². The molecule has 2 amide bonds. The summed E-state index contributed by atoms with van der Waals surface area (Å²) < 4.78 is 12.2. The molecule has 0 spiro atoms. The summed E-state index contributed by atoms with van der Waals surface area (Å²) >= 11 is 2.29. The number of nitrogens with zero attached hydrogens (tertiary/aromatic N) is 8. The van der Waals surface area contributed by atoms with Gasteiger partial charge in [0.2, 0.25) is 23.4 Å². The molecule has 348 valence electrons. The van der Waals surface area contributed by atoms with Crippen molar-refractivity contribution in [2.75, 3.05) is 37.9 Å². The minimum absolute atomic E-state index is 0.00160. The highest BCUT2D eigenvalue weighted by atomic mass is 32.2. The number of benzene rings is 2. The van der Waals surface area contributed by atoms with Crippen LogP contribution in [-0.2, 0) is 14.3 Å². The predicted octanol–water partition coefficient (Wildman–Crippen LogP) is 4.79. The van der Waals surface area contributed by atoms with Crippen LogP contribution < -0.4 is 21.8 Å². The van der Waals surface area contributed by atoms with Crippen LogP contribution >= 0.6 is 23.5 Å². The van der Waals surface area contributed by atoms with Gasteiger partial charge in [-0.15, -0.1) is 0 Å². The summed E-state index contributed by atoms with van der Waals surface area (Å²) in [5, 5.41) is 25.8. The van der Waals surface area contributed by atoms with Crippen LogP contribution in [0.5, 0.6) is 0 Å². The Bertz CT molecular complexity index is 3250. The lowest BCUT2D eigenvalue weighted by Gasteiger charge is -2.30. The van der Waals surface area contributed by atoms with Crippen LogP contribution in [0.3, 0.4) is 0 Å². The van der Waals surface area contributed by atoms with Gasteiger partial charge in [0.05, 0.1) is 41.7 Å². The van der Waals surface area contributed by atoms with E-state index in [1.54, 1.807) is 33.9 Å². The standard InChI is InChI=1S/C46H50N12O7S2/c1-45(2,54-34(62)28-67-44-51-36-38(56(44)21-12-23-60)53-42-49-32(26-58(42)40(36)64)30-15-9-6-10-16-30)18-24-65-46(3,4)17-19-47-33(61)27-66-43-50-35-37(55(43)20-11-22-59)52-41-48-31(25-57(41)39(35)63)29-13-7-5-8-14-29/h5-16,20-21,25-26,59-60H,17-19,22-24,27-28H2,1-4H3,(H,47,61)(H,48,52)(H,49,53)(H,54,62). The molecule has 8 aromatic rings. The molecule has 0 aliphatic carbocycles. The van der Waals surface area contributed by atoms with E-state index in [0.29, 0.717) is 47.9 Å². The van der Waals surface area contributed by atoms with Crippen molar-refractivity contribution in [1.82, 2.24) is 58.5 Å². The molecule has 0 atom stereocenters. The second-order valence-electron chi connectivity index (χ2n) is 16.8. The molecule has 21 heteroatoms. The van der Waals surface area contributed by atoms with Crippen molar-refractivity contribution in [3.63, 3.8) is 0 Å². The number of nitrogens with one attached hydrogen (secondary N) is 4. The molecule has 0 aliphatic heterocycles. The van der Waals surface area contributed by atoms with Crippen molar-refractivity contribution < 1.29 is 24.5 Å². The van der Waals surface area contributed by atoms with E-state index >= 15 is 0 Å². The van der Waals surface area contributed by atoms with Gasteiger partial charge < -0.3 is 35.6 Å². The van der Waals surface area contributed by atoms with Crippen molar-refractivity contribution in [3.8, 4) is 22.5 Å². The molecule has 6 aromatic heterocycles. The fourth-order valence-electron chi connectivity index (χ4n) is 7.27. The summed E-state index contributed by atoms with van der Waals surface area (Å²) in [6.45, 7) is 7.86. The Morgan fingerprint density at radius 1 is 0.701 bits per heavy atom. The van der Waals surface area contributed by atoms with E-state index in [4.69, 9.17) is 4.74 Å². The first-order chi connectivity index (χ1) is 32.2. The zero-order valence-corrected chi connectivity index (χ0v) is 38.9. The van der Waals surface area contributed by atoms with Gasteiger partial charge in [-0.3, -0.25) is 28.3 Å². The van der Waals surface area contributed by atoms with Gasteiger partial charge in [0, 0.05) is 43.5 Å². The number of rotatable bonds is 20. The average Bonchev–Trinajstić information content (AvgIpc) is 4.10. The summed E-state index contributed by atoms with van der Waals surface area (Å²) in [6, 6.07) is 19.1. The van der Waals surface area contributed by atoms with Crippen molar-refractivity contribution >= 4 is 81.6 Å². The molecule has 19 nitrogen and oxygen atoms in total. The molecule has 67 heavy (non-hydrogen) atoms. The normalized spacial score (nSPS) is 12.5. The summed E-state index contributed by atoms with van der Waals surface area (Å²) in [7, 11) is 0. The third kappa shape index (κ3) is 10.6. The van der Waals surface area contributed by atoms with E-state index in [1.165, 1.54) is 21.0 Å². The fraction of sp³-hybridized carbons (Fsp3) is 0.304. The maximum atomic E-state index is 13.6. The first kappa shape index (κ1) is 46.7. The summed E-state index contributed by atoms with van der Waals surface area (Å²) in [6.07, 6.45) is 10.5. The lowest BCUT2D eigenvalue weighted by atomic mass is 10.0. The zero-order chi connectivity index (χ0) is 47.3. The number of ether oxygens (including phenoxy) is 1. The first-order valence-electron chi connectivity index (χ1n) is 21.4. The van der Waals surface area contributed by atoms with Gasteiger partial charge in [0.15, 0.2) is 32.6 Å². The maximum Gasteiger partial charge on any atom is 0.287 e. The Morgan fingerprint density at radius 3 is 1.66 bits per heavy atom. The molecular weight excluding hydrogens is 897 g/mol. The monoisotopic (exact) mass is 946 g/mol. The van der Waals surface area contributed by atoms with Crippen LogP contribution in [0.25, 0.3) is 68.8 Å². The quantitative estimate of drug-likeness (QED) is 0.0564. The molecule has 6 N–H and O–H groups in total. The molecule has 0 radical (unpaired) electrons. The highest BCUT2D eigenvalue weighted by molar-refractivity contribution is 8.00. The Labute approximate surface area is 391 Å². The Kier molecular flexibility index (Phi) is 13.9. The number of thioether (sulfide) groups is 2. The van der Waals surface area contributed by atoms with Gasteiger partial charge in [-0.1, -0.05) is 84.2 Å². The molecule has 8 rings (SSSR count). The van der Waals surface area contributed by atoms with Crippen molar-refractivity contribution in [3.05, 3.63) is 106 Å². The number of hydrogen-bond donors (Lipinski definition) is 6. The van der Waals surface area contributed by atoms with E-state index in [-0.39, 0.29) is 70.0 Å². The lowest BCUT2D eigenvalue weighted by Crippen LogP contribution is -2.45. The smallest absolute Gasteiger partial charge is 0.287 e. The lowest BCUT2D eigenvalue weighted by molar-refractivity contribution is -0.120. The van der Waals surface area contributed by atoms with E-state index in [2.05, 4.69) is 40.5 Å². The van der Waals surface area contributed by atoms with Gasteiger partial charge in [-0.25, -0.2) is 18.8 Å². The molecule has 0 aliphatic rings. The number of imidazole rings is 4. The maximum absolute atomic E-state index is 13.6.